The van der Waals surface area contributed by atoms with Gasteiger partial charge in [0.2, 0.25) is 0 Å². The van der Waals surface area contributed by atoms with Crippen LogP contribution in [0.2, 0.25) is 0 Å². The Morgan fingerprint density at radius 2 is 1.50 bits per heavy atom. The summed E-state index contributed by atoms with van der Waals surface area (Å²) >= 11 is 0. The van der Waals surface area contributed by atoms with E-state index in [9.17, 15) is 41.0 Å². The lowest BCUT2D eigenvalue weighted by Gasteiger charge is -2.22. The van der Waals surface area contributed by atoms with Gasteiger partial charge in [-0.15, -0.1) is 5.10 Å². The Bertz CT molecular complexity index is 2040. The molecule has 7 N–H and O–H groups in total. The number of para-hydroxylation sites is 1. The van der Waals surface area contributed by atoms with Crippen molar-refractivity contribution in [2.45, 2.75) is 37.7 Å². The van der Waals surface area contributed by atoms with Gasteiger partial charge in [0.25, 0.3) is 0 Å². The number of benzene rings is 3. The number of hydrogen-bond donors (Lipinski definition) is 6. The number of rotatable bonds is 12. The van der Waals surface area contributed by atoms with Crippen LogP contribution in [0.4, 0.5) is 30.7 Å². The molecule has 15 nitrogen and oxygen atoms in total. The lowest BCUT2D eigenvalue weighted by Crippen LogP contribution is -2.28. The van der Waals surface area contributed by atoms with E-state index in [2.05, 4.69) is 10.1 Å². The molecule has 2 atom stereocenters. The predicted octanol–water partition coefficient (Wildman–Crippen LogP) is 4.66. The van der Waals surface area contributed by atoms with Crippen molar-refractivity contribution in [3.63, 3.8) is 0 Å². The second-order valence-corrected chi connectivity index (χ2v) is 11.7. The van der Waals surface area contributed by atoms with E-state index in [0.29, 0.717) is 17.9 Å². The second kappa shape index (κ2) is 19.2. The van der Waals surface area contributed by atoms with Crippen LogP contribution in [0, 0.1) is 11.2 Å². The molecule has 0 spiro atoms. The molecule has 0 fully saturated rings. The van der Waals surface area contributed by atoms with Crippen molar-refractivity contribution in [2.75, 3.05) is 27.7 Å². The number of aliphatic carboxylic acids is 2. The number of nitrogens with one attached hydrogen (secondary N) is 2. The van der Waals surface area contributed by atoms with Crippen LogP contribution in [0.25, 0.3) is 5.69 Å². The Hall–Kier alpha value is -6.45. The summed E-state index contributed by atoms with van der Waals surface area (Å²) in [4.78, 5) is 47.4. The Kier molecular flexibility index (Phi) is 15.7. The number of amidine groups is 1. The highest BCUT2D eigenvalue weighted by molar-refractivity contribution is 5.95. The van der Waals surface area contributed by atoms with Crippen molar-refractivity contribution in [3.8, 4) is 17.2 Å². The number of carboxylic acids is 3. The highest BCUT2D eigenvalue weighted by Gasteiger charge is 2.39. The Morgan fingerprint density at radius 1 is 0.964 bits per heavy atom. The van der Waals surface area contributed by atoms with E-state index in [0.717, 1.165) is 10.2 Å². The predicted molar refractivity (Wildman–Crippen MR) is 183 cm³/mol. The van der Waals surface area contributed by atoms with Gasteiger partial charge in [0, 0.05) is 23.7 Å². The first kappa shape index (κ1) is 45.7. The number of nitrogens with zero attached hydrogens (tertiary/aromatic N) is 3. The normalized spacial score (nSPS) is 12.3. The number of aromatic carboxylic acids is 1. The number of methoxy groups -OCH3 is 1. The number of ether oxygens (including phenoxy) is 2. The van der Waals surface area contributed by atoms with Crippen molar-refractivity contribution in [1.82, 2.24) is 19.7 Å². The summed E-state index contributed by atoms with van der Waals surface area (Å²) in [5, 5.41) is 36.0. The van der Waals surface area contributed by atoms with Gasteiger partial charge in [0.05, 0.1) is 24.3 Å². The zero-order valence-electron chi connectivity index (χ0n) is 29.7. The summed E-state index contributed by atoms with van der Waals surface area (Å²) in [6, 6.07) is 15.8. The van der Waals surface area contributed by atoms with E-state index < -0.39 is 47.7 Å². The standard InChI is InChI=1S/C30H33FN6O5.2C2HF3O2/c1-17(16-36(2)3)42-25-15-20(41-4)14-22(26(25)31)23(13-18-9-11-19(12-10-18)27(32)33)28-34-30(40)37(35-28)24-8-6-5-7-21(24)29(38)39;2*3-2(4,5)1(6)7/h5-12,14-15,17,23H,13,16H2,1-4H3,(H3,32,33)(H,38,39)(H,34,35,40);2*(H,6,7). The number of likely N-dealkylation sites (N-methyl/N-ethyl adjacent to an activating group) is 1. The minimum Gasteiger partial charge on any atom is -0.497 e. The Morgan fingerprint density at radius 3 is 1.96 bits per heavy atom. The van der Waals surface area contributed by atoms with Crippen molar-refractivity contribution < 1.29 is 69.9 Å². The number of hydrogen-bond acceptors (Lipinski definition) is 9. The number of H-pyrrole nitrogens is 1. The van der Waals surface area contributed by atoms with Crippen LogP contribution in [-0.2, 0) is 16.0 Å². The average Bonchev–Trinajstić information content (AvgIpc) is 3.48. The molecule has 1 aromatic heterocycles. The fourth-order valence-electron chi connectivity index (χ4n) is 4.73. The highest BCUT2D eigenvalue weighted by atomic mass is 19.4. The second-order valence-electron chi connectivity index (χ2n) is 11.7. The number of carboxylic acid groups (broad SMARTS) is 3. The van der Waals surface area contributed by atoms with Crippen LogP contribution >= 0.6 is 0 Å². The molecule has 0 saturated carbocycles. The molecule has 0 amide bonds. The molecule has 0 aliphatic rings. The molecular formula is C34H35F7N6O9. The SMILES string of the molecule is COc1cc(OC(C)CN(C)C)c(F)c(C(Cc2ccc(C(=N)N)cc2)c2nn(-c3ccccc3C(=O)O)c(=O)[nH]2)c1.O=C(O)C(F)(F)F.O=C(O)C(F)(F)F. The van der Waals surface area contributed by atoms with Gasteiger partial charge in [-0.3, -0.25) is 10.4 Å². The van der Waals surface area contributed by atoms with E-state index in [4.69, 9.17) is 40.4 Å². The van der Waals surface area contributed by atoms with Gasteiger partial charge in [-0.25, -0.2) is 23.6 Å². The first-order valence-electron chi connectivity index (χ1n) is 15.6. The van der Waals surface area contributed by atoms with Crippen LogP contribution in [0.3, 0.4) is 0 Å². The monoisotopic (exact) mass is 804 g/mol. The third-order valence-corrected chi connectivity index (χ3v) is 7.12. The Labute approximate surface area is 312 Å². The van der Waals surface area contributed by atoms with Gasteiger partial charge >= 0.3 is 36.0 Å². The van der Waals surface area contributed by atoms with Crippen LogP contribution in [0.1, 0.15) is 45.7 Å². The maximum absolute atomic E-state index is 16.3. The molecule has 22 heteroatoms. The largest absolute Gasteiger partial charge is 0.497 e. The number of halogens is 7. The molecule has 0 saturated heterocycles. The number of carbonyl (C=O) groups is 3. The van der Waals surface area contributed by atoms with E-state index in [1.165, 1.54) is 31.4 Å². The summed E-state index contributed by atoms with van der Waals surface area (Å²) in [5.74, 6) is -7.89. The fraction of sp³-hybridized carbons (Fsp3) is 0.294. The van der Waals surface area contributed by atoms with E-state index >= 15 is 4.39 Å². The lowest BCUT2D eigenvalue weighted by atomic mass is 9.90. The molecule has 304 valence electrons. The van der Waals surface area contributed by atoms with Crippen LogP contribution in [0.5, 0.6) is 11.5 Å². The molecule has 1 heterocycles. The first-order valence-corrected chi connectivity index (χ1v) is 15.6. The number of nitrogen functional groups attached to an aromatic ring is 1. The number of nitrogens with two attached hydrogens (primary N) is 1. The van der Waals surface area contributed by atoms with Gasteiger partial charge < -0.3 is 35.4 Å². The van der Waals surface area contributed by atoms with Gasteiger partial charge in [-0.1, -0.05) is 36.4 Å². The first-order chi connectivity index (χ1) is 25.9. The minimum absolute atomic E-state index is 0.0198. The molecule has 3 aromatic carbocycles. The maximum atomic E-state index is 16.3. The molecule has 56 heavy (non-hydrogen) atoms. The number of alkyl halides is 6. The summed E-state index contributed by atoms with van der Waals surface area (Å²) in [6.07, 6.45) is -10.3. The highest BCUT2D eigenvalue weighted by Crippen LogP contribution is 2.36. The van der Waals surface area contributed by atoms with Crippen molar-refractivity contribution in [1.29, 1.82) is 5.41 Å². The van der Waals surface area contributed by atoms with Crippen LogP contribution < -0.4 is 20.9 Å². The van der Waals surface area contributed by atoms with Gasteiger partial charge in [0.15, 0.2) is 11.6 Å². The summed E-state index contributed by atoms with van der Waals surface area (Å²) < 4.78 is 92.1. The van der Waals surface area contributed by atoms with Crippen LogP contribution in [0.15, 0.2) is 65.5 Å². The van der Waals surface area contributed by atoms with E-state index in [1.54, 1.807) is 36.4 Å². The number of aromatic amines is 1. The zero-order chi connectivity index (χ0) is 42.7. The molecule has 0 aliphatic heterocycles. The molecule has 0 radical (unpaired) electrons. The topological polar surface area (TPSA) is 234 Å². The quantitative estimate of drug-likeness (QED) is 0.0652. The molecule has 0 bridgehead atoms. The summed E-state index contributed by atoms with van der Waals surface area (Å²) in [5.41, 5.74) is 6.29. The minimum atomic E-state index is -5.08. The fourth-order valence-corrected chi connectivity index (χ4v) is 4.73. The zero-order valence-corrected chi connectivity index (χ0v) is 29.7. The maximum Gasteiger partial charge on any atom is 0.490 e. The number of aromatic nitrogens is 3. The Balaban J connectivity index is 0.000000657. The molecule has 2 unspecified atom stereocenters. The van der Waals surface area contributed by atoms with Gasteiger partial charge in [-0.05, 0) is 51.2 Å². The van der Waals surface area contributed by atoms with Gasteiger partial charge in [0.1, 0.15) is 23.5 Å². The van der Waals surface area contributed by atoms with Crippen molar-refractivity contribution >= 4 is 23.7 Å². The van der Waals surface area contributed by atoms with Crippen molar-refractivity contribution in [3.05, 3.63) is 105 Å². The molecule has 4 rings (SSSR count). The van der Waals surface area contributed by atoms with Crippen LogP contribution in [-0.4, -0.2) is 105 Å². The van der Waals surface area contributed by atoms with E-state index in [1.807, 2.05) is 25.9 Å². The molecule has 4 aromatic rings. The lowest BCUT2D eigenvalue weighted by molar-refractivity contribution is -0.193. The summed E-state index contributed by atoms with van der Waals surface area (Å²) in [7, 11) is 5.23. The third-order valence-electron chi connectivity index (χ3n) is 7.12. The van der Waals surface area contributed by atoms with Gasteiger partial charge in [-0.2, -0.15) is 31.0 Å². The molecule has 0 aliphatic carbocycles. The summed E-state index contributed by atoms with van der Waals surface area (Å²) in [6.45, 7) is 2.37. The third kappa shape index (κ3) is 13.1. The van der Waals surface area contributed by atoms with E-state index in [-0.39, 0.29) is 46.7 Å². The van der Waals surface area contributed by atoms with Crippen molar-refractivity contribution in [2.24, 2.45) is 5.73 Å². The smallest absolute Gasteiger partial charge is 0.490 e. The molecular weight excluding hydrogens is 769 g/mol. The average molecular weight is 805 g/mol.